The van der Waals surface area contributed by atoms with Crippen LogP contribution in [0.5, 0.6) is 0 Å². The van der Waals surface area contributed by atoms with Crippen molar-refractivity contribution in [2.45, 2.75) is 12.5 Å². The molecule has 1 heterocycles. The van der Waals surface area contributed by atoms with E-state index < -0.39 is 5.60 Å². The molecule has 0 saturated carbocycles. The molecule has 0 aliphatic carbocycles. The van der Waals surface area contributed by atoms with E-state index in [1.54, 1.807) is 37.3 Å². The second-order valence-corrected chi connectivity index (χ2v) is 5.18. The van der Waals surface area contributed by atoms with E-state index in [1.807, 2.05) is 11.4 Å². The fraction of sp³-hybridized carbons (Fsp3) is 0.154. The molecule has 17 heavy (non-hydrogen) atoms. The Kier molecular flexibility index (Phi) is 3.21. The van der Waals surface area contributed by atoms with Crippen LogP contribution in [-0.2, 0) is 5.60 Å². The first-order valence-corrected chi connectivity index (χ1v) is 6.28. The van der Waals surface area contributed by atoms with Gasteiger partial charge in [0.15, 0.2) is 0 Å². The van der Waals surface area contributed by atoms with Gasteiger partial charge in [0.2, 0.25) is 0 Å². The number of thiophene rings is 1. The van der Waals surface area contributed by atoms with E-state index >= 15 is 0 Å². The Morgan fingerprint density at radius 2 is 1.94 bits per heavy atom. The van der Waals surface area contributed by atoms with Crippen molar-refractivity contribution in [2.75, 3.05) is 0 Å². The molecule has 1 unspecified atom stereocenters. The zero-order chi connectivity index (χ0) is 12.5. The monoisotopic (exact) mass is 263 g/mol. The first-order chi connectivity index (χ1) is 8.05. The minimum Gasteiger partial charge on any atom is -0.380 e. The smallest absolute Gasteiger partial charge is 0.122 e. The van der Waals surface area contributed by atoms with Crippen molar-refractivity contribution in [3.63, 3.8) is 0 Å². The number of hydrogen-bond acceptors (Lipinski definition) is 3. The van der Waals surface area contributed by atoms with Crippen molar-refractivity contribution in [1.82, 2.24) is 0 Å². The highest BCUT2D eigenvalue weighted by molar-refractivity contribution is 7.10. The summed E-state index contributed by atoms with van der Waals surface area (Å²) in [6, 6.07) is 10.7. The largest absolute Gasteiger partial charge is 0.380 e. The number of benzene rings is 1. The highest BCUT2D eigenvalue weighted by atomic mass is 35.5. The lowest BCUT2D eigenvalue weighted by atomic mass is 9.93. The third kappa shape index (κ3) is 2.20. The van der Waals surface area contributed by atoms with Gasteiger partial charge in [-0.15, -0.1) is 11.3 Å². The van der Waals surface area contributed by atoms with Gasteiger partial charge in [0, 0.05) is 0 Å². The van der Waals surface area contributed by atoms with Crippen molar-refractivity contribution in [3.8, 4) is 6.07 Å². The molecule has 0 radical (unpaired) electrons. The molecule has 0 aliphatic rings. The molecule has 1 aromatic carbocycles. The molecule has 2 nitrogen and oxygen atoms in total. The van der Waals surface area contributed by atoms with Gasteiger partial charge in [-0.1, -0.05) is 23.7 Å². The summed E-state index contributed by atoms with van der Waals surface area (Å²) in [6.07, 6.45) is 0. The Morgan fingerprint density at radius 1 is 1.29 bits per heavy atom. The van der Waals surface area contributed by atoms with Crippen LogP contribution in [0.25, 0.3) is 0 Å². The molecule has 4 heteroatoms. The maximum absolute atomic E-state index is 10.5. The molecule has 86 valence electrons. The fourth-order valence-electron chi connectivity index (χ4n) is 1.64. The molecule has 1 aromatic heterocycles. The Bertz CT molecular complexity index is 566. The number of aliphatic hydroxyl groups is 1. The first kappa shape index (κ1) is 12.1. The number of hydrogen-bond donors (Lipinski definition) is 1. The van der Waals surface area contributed by atoms with E-state index in [0.717, 1.165) is 5.56 Å². The van der Waals surface area contributed by atoms with Crippen LogP contribution < -0.4 is 0 Å². The topological polar surface area (TPSA) is 44.0 Å². The normalized spacial score (nSPS) is 14.0. The summed E-state index contributed by atoms with van der Waals surface area (Å²) in [5.74, 6) is 0. The Hall–Kier alpha value is -1.34. The molecule has 0 fully saturated rings. The second kappa shape index (κ2) is 4.50. The molecular formula is C13H10ClNOS. The van der Waals surface area contributed by atoms with Gasteiger partial charge in [-0.2, -0.15) is 5.26 Å². The average Bonchev–Trinajstić information content (AvgIpc) is 2.76. The number of nitriles is 1. The van der Waals surface area contributed by atoms with Gasteiger partial charge in [0.05, 0.1) is 21.5 Å². The Balaban J connectivity index is 2.45. The minimum absolute atomic E-state index is 0.560. The Labute approximate surface area is 109 Å². The van der Waals surface area contributed by atoms with Gasteiger partial charge in [-0.25, -0.2) is 0 Å². The third-order valence-electron chi connectivity index (χ3n) is 2.64. The standard InChI is InChI=1S/C13H10ClNOS/c1-13(16,12-11(14)6-7-17-12)10-4-2-9(8-15)3-5-10/h2-7,16H,1H3. The molecule has 0 bridgehead atoms. The highest BCUT2D eigenvalue weighted by Gasteiger charge is 2.29. The van der Waals surface area contributed by atoms with Crippen molar-refractivity contribution in [1.29, 1.82) is 5.26 Å². The van der Waals surface area contributed by atoms with Crippen LogP contribution in [0, 0.1) is 11.3 Å². The van der Waals surface area contributed by atoms with E-state index in [1.165, 1.54) is 11.3 Å². The van der Waals surface area contributed by atoms with E-state index in [0.29, 0.717) is 15.5 Å². The number of nitrogens with zero attached hydrogens (tertiary/aromatic N) is 1. The molecule has 2 rings (SSSR count). The van der Waals surface area contributed by atoms with Gasteiger partial charge in [-0.05, 0) is 36.1 Å². The summed E-state index contributed by atoms with van der Waals surface area (Å²) in [5, 5.41) is 21.7. The Morgan fingerprint density at radius 3 is 2.41 bits per heavy atom. The minimum atomic E-state index is -1.13. The van der Waals surface area contributed by atoms with Gasteiger partial charge in [0.25, 0.3) is 0 Å². The van der Waals surface area contributed by atoms with E-state index in [-0.39, 0.29) is 0 Å². The van der Waals surface area contributed by atoms with Crippen molar-refractivity contribution < 1.29 is 5.11 Å². The van der Waals surface area contributed by atoms with Gasteiger partial charge in [0.1, 0.15) is 5.60 Å². The summed E-state index contributed by atoms with van der Waals surface area (Å²) >= 11 is 7.45. The predicted octanol–water partition coefficient (Wildman–Crippen LogP) is 3.53. The van der Waals surface area contributed by atoms with Crippen molar-refractivity contribution in [3.05, 3.63) is 56.7 Å². The maximum atomic E-state index is 10.5. The summed E-state index contributed by atoms with van der Waals surface area (Å²) in [4.78, 5) is 0.712. The van der Waals surface area contributed by atoms with Crippen molar-refractivity contribution >= 4 is 22.9 Å². The van der Waals surface area contributed by atoms with Crippen LogP contribution in [0.15, 0.2) is 35.7 Å². The van der Waals surface area contributed by atoms with Crippen LogP contribution >= 0.6 is 22.9 Å². The first-order valence-electron chi connectivity index (χ1n) is 5.02. The summed E-state index contributed by atoms with van der Waals surface area (Å²) in [6.45, 7) is 1.70. The van der Waals surface area contributed by atoms with E-state index in [9.17, 15) is 5.11 Å². The van der Waals surface area contributed by atoms with Crippen LogP contribution in [0.4, 0.5) is 0 Å². The van der Waals surface area contributed by atoms with Crippen LogP contribution in [-0.4, -0.2) is 5.11 Å². The lowest BCUT2D eigenvalue weighted by molar-refractivity contribution is 0.106. The number of halogens is 1. The van der Waals surface area contributed by atoms with Crippen LogP contribution in [0.3, 0.4) is 0 Å². The van der Waals surface area contributed by atoms with Crippen molar-refractivity contribution in [2.24, 2.45) is 0 Å². The lowest BCUT2D eigenvalue weighted by Crippen LogP contribution is -2.21. The van der Waals surface area contributed by atoms with E-state index in [4.69, 9.17) is 16.9 Å². The molecule has 0 spiro atoms. The summed E-state index contributed by atoms with van der Waals surface area (Å²) in [5.41, 5.74) is 0.168. The second-order valence-electron chi connectivity index (χ2n) is 3.86. The maximum Gasteiger partial charge on any atom is 0.122 e. The quantitative estimate of drug-likeness (QED) is 0.901. The molecular weight excluding hydrogens is 254 g/mol. The zero-order valence-corrected chi connectivity index (χ0v) is 10.7. The van der Waals surface area contributed by atoms with Gasteiger partial charge in [-0.3, -0.25) is 0 Å². The molecule has 2 aromatic rings. The predicted molar refractivity (Wildman–Crippen MR) is 69.2 cm³/mol. The SMILES string of the molecule is CC(O)(c1ccc(C#N)cc1)c1sccc1Cl. The molecule has 0 aliphatic heterocycles. The van der Waals surface area contributed by atoms with Gasteiger partial charge >= 0.3 is 0 Å². The fourth-order valence-corrected chi connectivity index (χ4v) is 2.96. The third-order valence-corrected chi connectivity index (χ3v) is 4.19. The molecule has 1 atom stereocenters. The van der Waals surface area contributed by atoms with Crippen LogP contribution in [0.2, 0.25) is 5.02 Å². The highest BCUT2D eigenvalue weighted by Crippen LogP contribution is 2.37. The van der Waals surface area contributed by atoms with Crippen LogP contribution in [0.1, 0.15) is 22.9 Å². The molecule has 0 saturated heterocycles. The average molecular weight is 264 g/mol. The molecule has 0 amide bonds. The summed E-state index contributed by atoms with van der Waals surface area (Å²) in [7, 11) is 0. The summed E-state index contributed by atoms with van der Waals surface area (Å²) < 4.78 is 0. The van der Waals surface area contributed by atoms with Gasteiger partial charge < -0.3 is 5.11 Å². The van der Waals surface area contributed by atoms with E-state index in [2.05, 4.69) is 0 Å². The molecule has 1 N–H and O–H groups in total. The zero-order valence-electron chi connectivity index (χ0n) is 9.14. The lowest BCUT2D eigenvalue weighted by Gasteiger charge is -2.23. The number of rotatable bonds is 2.